The number of aryl methyl sites for hydroxylation is 2. The number of nitrogens with one attached hydrogen (secondary N) is 3. The van der Waals surface area contributed by atoms with E-state index in [9.17, 15) is 13.2 Å². The fourth-order valence-electron chi connectivity index (χ4n) is 5.72. The van der Waals surface area contributed by atoms with Crippen LogP contribution in [0.2, 0.25) is 0 Å². The molecule has 4 heterocycles. The lowest BCUT2D eigenvalue weighted by atomic mass is 9.98. The second-order valence-electron chi connectivity index (χ2n) is 9.99. The lowest BCUT2D eigenvalue weighted by molar-refractivity contribution is 0.376. The number of aliphatic imine (C=N–C) groups is 1. The van der Waals surface area contributed by atoms with Gasteiger partial charge >= 0.3 is 0 Å². The van der Waals surface area contributed by atoms with E-state index >= 15 is 8.78 Å². The molecule has 3 aromatic heterocycles. The maximum Gasteiger partial charge on any atom is 0.200 e. The predicted octanol–water partition coefficient (Wildman–Crippen LogP) is 8.21. The smallest absolute Gasteiger partial charge is 0.200 e. The maximum atomic E-state index is 15.2. The van der Waals surface area contributed by atoms with E-state index in [1.807, 2.05) is 41.5 Å². The van der Waals surface area contributed by atoms with Crippen LogP contribution in [0.5, 0.6) is 0 Å². The molecule has 1 aliphatic rings. The number of H-pyrrole nitrogens is 3. The van der Waals surface area contributed by atoms with E-state index in [1.165, 1.54) is 6.08 Å². The van der Waals surface area contributed by atoms with Crippen molar-refractivity contribution in [3.63, 3.8) is 0 Å². The van der Waals surface area contributed by atoms with Crippen LogP contribution in [0.4, 0.5) is 22.0 Å². The third-order valence-corrected chi connectivity index (χ3v) is 7.73. The molecular formula is C31H29F5N4. The van der Waals surface area contributed by atoms with Crippen molar-refractivity contribution in [1.29, 1.82) is 0 Å². The largest absolute Gasteiger partial charge is 0.357 e. The van der Waals surface area contributed by atoms with Gasteiger partial charge in [-0.25, -0.2) is 26.9 Å². The Morgan fingerprint density at radius 2 is 1.20 bits per heavy atom. The highest BCUT2D eigenvalue weighted by atomic mass is 19.2. The van der Waals surface area contributed by atoms with Crippen LogP contribution in [0.1, 0.15) is 64.4 Å². The number of benzene rings is 1. The SMILES string of the molecule is CCc1c(C)[nH]c(C2=N/C(=C(\c3ccc(-c4[nH]c(C)c(CC)c4C)[nH]3)c3c(F)c(F)c(F)c(F)c3F)C=C2)c1C. The molecule has 4 nitrogen and oxygen atoms in total. The van der Waals surface area contributed by atoms with Crippen molar-refractivity contribution in [2.75, 3.05) is 0 Å². The maximum absolute atomic E-state index is 15.2. The first kappa shape index (κ1) is 27.4. The number of nitrogens with zero attached hydrogens (tertiary/aromatic N) is 1. The van der Waals surface area contributed by atoms with Gasteiger partial charge in [-0.2, -0.15) is 0 Å². The number of hydrogen-bond donors (Lipinski definition) is 3. The van der Waals surface area contributed by atoms with Crippen molar-refractivity contribution in [2.45, 2.75) is 54.4 Å². The number of aromatic nitrogens is 3. The zero-order valence-electron chi connectivity index (χ0n) is 23.1. The topological polar surface area (TPSA) is 59.7 Å². The summed E-state index contributed by atoms with van der Waals surface area (Å²) in [6, 6.07) is 3.26. The van der Waals surface area contributed by atoms with Gasteiger partial charge in [-0.15, -0.1) is 0 Å². The van der Waals surface area contributed by atoms with E-state index in [1.54, 1.807) is 18.2 Å². The molecule has 1 aliphatic heterocycles. The monoisotopic (exact) mass is 552 g/mol. The van der Waals surface area contributed by atoms with Crippen LogP contribution in [-0.4, -0.2) is 20.7 Å². The average molecular weight is 553 g/mol. The first-order valence-corrected chi connectivity index (χ1v) is 13.1. The van der Waals surface area contributed by atoms with Gasteiger partial charge in [0.1, 0.15) is 0 Å². The summed E-state index contributed by atoms with van der Waals surface area (Å²) in [6.07, 6.45) is 4.78. The van der Waals surface area contributed by atoms with Crippen LogP contribution in [0.3, 0.4) is 0 Å². The van der Waals surface area contributed by atoms with E-state index in [0.717, 1.165) is 57.9 Å². The molecule has 208 valence electrons. The minimum atomic E-state index is -2.21. The number of aromatic amines is 3. The molecule has 0 radical (unpaired) electrons. The van der Waals surface area contributed by atoms with Crippen LogP contribution in [-0.2, 0) is 12.8 Å². The second-order valence-corrected chi connectivity index (χ2v) is 9.99. The Bertz CT molecular complexity index is 1730. The minimum absolute atomic E-state index is 0.0601. The molecule has 1 aromatic carbocycles. The summed E-state index contributed by atoms with van der Waals surface area (Å²) in [5.41, 5.74) is 7.74. The van der Waals surface area contributed by atoms with Crippen molar-refractivity contribution in [1.82, 2.24) is 15.0 Å². The molecule has 9 heteroatoms. The molecule has 3 N–H and O–H groups in total. The van der Waals surface area contributed by atoms with Crippen molar-refractivity contribution in [3.8, 4) is 11.4 Å². The van der Waals surface area contributed by atoms with Gasteiger partial charge < -0.3 is 15.0 Å². The Morgan fingerprint density at radius 3 is 1.75 bits per heavy atom. The first-order valence-electron chi connectivity index (χ1n) is 13.1. The Kier molecular flexibility index (Phi) is 6.94. The zero-order valence-corrected chi connectivity index (χ0v) is 23.1. The second kappa shape index (κ2) is 10.1. The highest BCUT2D eigenvalue weighted by Crippen LogP contribution is 2.38. The summed E-state index contributed by atoms with van der Waals surface area (Å²) in [7, 11) is 0. The summed E-state index contributed by atoms with van der Waals surface area (Å²) in [4.78, 5) is 14.4. The van der Waals surface area contributed by atoms with Crippen LogP contribution in [0.15, 0.2) is 35.0 Å². The molecule has 0 atom stereocenters. The number of halogens is 5. The summed E-state index contributed by atoms with van der Waals surface area (Å²) in [6.45, 7) is 11.9. The minimum Gasteiger partial charge on any atom is -0.357 e. The number of rotatable bonds is 6. The highest BCUT2D eigenvalue weighted by molar-refractivity contribution is 6.12. The summed E-state index contributed by atoms with van der Waals surface area (Å²) in [5, 5.41) is 0. The Labute approximate surface area is 228 Å². The third-order valence-electron chi connectivity index (χ3n) is 7.73. The van der Waals surface area contributed by atoms with E-state index in [2.05, 4.69) is 19.9 Å². The quantitative estimate of drug-likeness (QED) is 0.123. The fourth-order valence-corrected chi connectivity index (χ4v) is 5.72. The van der Waals surface area contributed by atoms with Gasteiger partial charge in [0.05, 0.1) is 34.1 Å². The fraction of sp³-hybridized carbons (Fsp3) is 0.258. The van der Waals surface area contributed by atoms with Crippen LogP contribution >= 0.6 is 0 Å². The predicted molar refractivity (Wildman–Crippen MR) is 147 cm³/mol. The van der Waals surface area contributed by atoms with E-state index in [0.29, 0.717) is 11.4 Å². The van der Waals surface area contributed by atoms with Crippen molar-refractivity contribution < 1.29 is 22.0 Å². The molecule has 0 saturated heterocycles. The van der Waals surface area contributed by atoms with Crippen molar-refractivity contribution >= 4 is 11.3 Å². The van der Waals surface area contributed by atoms with Crippen LogP contribution in [0.25, 0.3) is 17.0 Å². The van der Waals surface area contributed by atoms with E-state index < -0.39 is 34.6 Å². The summed E-state index contributed by atoms with van der Waals surface area (Å²) in [5.74, 6) is -10.1. The van der Waals surface area contributed by atoms with Gasteiger partial charge in [-0.3, -0.25) is 0 Å². The van der Waals surface area contributed by atoms with Crippen LogP contribution < -0.4 is 0 Å². The number of hydrogen-bond acceptors (Lipinski definition) is 1. The number of allylic oxidation sites excluding steroid dienone is 2. The van der Waals surface area contributed by atoms with Gasteiger partial charge in [-0.1, -0.05) is 13.8 Å². The van der Waals surface area contributed by atoms with Gasteiger partial charge in [0, 0.05) is 22.7 Å². The lowest BCUT2D eigenvalue weighted by Gasteiger charge is -2.13. The molecule has 0 amide bonds. The lowest BCUT2D eigenvalue weighted by Crippen LogP contribution is -2.08. The molecule has 0 spiro atoms. The normalized spacial score (nSPS) is 14.4. The molecule has 0 unspecified atom stereocenters. The highest BCUT2D eigenvalue weighted by Gasteiger charge is 2.31. The van der Waals surface area contributed by atoms with Gasteiger partial charge in [0.15, 0.2) is 23.3 Å². The Hall–Kier alpha value is -4.14. The molecule has 0 saturated carbocycles. The summed E-state index contributed by atoms with van der Waals surface area (Å²) >= 11 is 0. The van der Waals surface area contributed by atoms with Crippen molar-refractivity contribution in [2.24, 2.45) is 4.99 Å². The zero-order chi connectivity index (χ0) is 29.0. The first-order chi connectivity index (χ1) is 19.0. The van der Waals surface area contributed by atoms with E-state index in [4.69, 9.17) is 0 Å². The molecule has 0 bridgehead atoms. The molecule has 0 fully saturated rings. The van der Waals surface area contributed by atoms with Crippen molar-refractivity contribution in [3.05, 3.63) is 110 Å². The van der Waals surface area contributed by atoms with Crippen LogP contribution in [0, 0.1) is 56.8 Å². The van der Waals surface area contributed by atoms with E-state index in [-0.39, 0.29) is 17.0 Å². The molecule has 40 heavy (non-hydrogen) atoms. The van der Waals surface area contributed by atoms with Gasteiger partial charge in [-0.05, 0) is 87.1 Å². The standard InChI is InChI=1S/C31H29F5N4/c1-7-17-13(3)30(37-15(17)5)21-11-9-19(39-21)23(24-25(32)27(34)29(36)28(35)26(24)33)20-10-12-22(40-20)31-14(4)18(8-2)16(6)38-31/h9-12,37-39H,7-8H2,1-6H3/b23-20+. The summed E-state index contributed by atoms with van der Waals surface area (Å²) < 4.78 is 73.2. The Balaban J connectivity index is 1.76. The third kappa shape index (κ3) is 4.15. The molecule has 4 aromatic rings. The van der Waals surface area contributed by atoms with Gasteiger partial charge in [0.25, 0.3) is 0 Å². The van der Waals surface area contributed by atoms with Gasteiger partial charge in [0.2, 0.25) is 5.82 Å². The Morgan fingerprint density at radius 1 is 0.675 bits per heavy atom. The molecule has 5 rings (SSSR count). The molecular weight excluding hydrogens is 523 g/mol. The average Bonchev–Trinajstić information content (AvgIpc) is 3.71. The molecule has 0 aliphatic carbocycles.